The Morgan fingerprint density at radius 1 is 1.20 bits per heavy atom. The van der Waals surface area contributed by atoms with Gasteiger partial charge in [-0.05, 0) is 43.3 Å². The van der Waals surface area contributed by atoms with Gasteiger partial charge in [0.15, 0.2) is 5.78 Å². The molecular weight excluding hydrogens is 312 g/mol. The molecule has 1 N–H and O–H groups in total. The van der Waals surface area contributed by atoms with E-state index in [2.05, 4.69) is 15.1 Å². The van der Waals surface area contributed by atoms with Gasteiger partial charge < -0.3 is 4.98 Å². The van der Waals surface area contributed by atoms with Crippen LogP contribution in [0.1, 0.15) is 12.5 Å². The number of rotatable bonds is 4. The third kappa shape index (κ3) is 2.99. The molecule has 25 heavy (non-hydrogen) atoms. The van der Waals surface area contributed by atoms with Crippen LogP contribution in [0.2, 0.25) is 0 Å². The molecule has 0 fully saturated rings. The fourth-order valence-electron chi connectivity index (χ4n) is 2.71. The first-order valence-corrected chi connectivity index (χ1v) is 7.98. The third-order valence-electron chi connectivity index (χ3n) is 3.97. The van der Waals surface area contributed by atoms with Crippen molar-refractivity contribution in [3.8, 4) is 16.9 Å². The molecule has 0 unspecified atom stereocenters. The lowest BCUT2D eigenvalue weighted by atomic mass is 10.1. The molecule has 122 valence electrons. The van der Waals surface area contributed by atoms with Gasteiger partial charge in [-0.3, -0.25) is 4.79 Å². The number of hydrogen-bond acceptors (Lipinski definition) is 3. The summed E-state index contributed by atoms with van der Waals surface area (Å²) in [4.78, 5) is 18.8. The molecule has 4 rings (SSSR count). The SMILES string of the molecule is CC(=O)/C=C/c1c[nH]c2ncc(-c3ccn(-c4ccccc4)n3)cc12. The lowest BCUT2D eigenvalue weighted by Crippen LogP contribution is -1.94. The van der Waals surface area contributed by atoms with Crippen LogP contribution >= 0.6 is 0 Å². The molecule has 0 saturated heterocycles. The molecule has 0 bridgehead atoms. The van der Waals surface area contributed by atoms with Crippen molar-refractivity contribution in [2.45, 2.75) is 6.92 Å². The normalized spacial score (nSPS) is 11.4. The summed E-state index contributed by atoms with van der Waals surface area (Å²) >= 11 is 0. The van der Waals surface area contributed by atoms with E-state index in [9.17, 15) is 4.79 Å². The molecule has 3 heterocycles. The molecule has 3 aromatic heterocycles. The summed E-state index contributed by atoms with van der Waals surface area (Å²) in [6.45, 7) is 1.53. The smallest absolute Gasteiger partial charge is 0.152 e. The number of ketones is 1. The maximum absolute atomic E-state index is 11.2. The van der Waals surface area contributed by atoms with Crippen LogP contribution in [0.5, 0.6) is 0 Å². The molecule has 0 amide bonds. The average Bonchev–Trinajstić information content (AvgIpc) is 3.27. The molecule has 0 aliphatic heterocycles. The van der Waals surface area contributed by atoms with E-state index in [1.807, 2.05) is 59.5 Å². The zero-order valence-corrected chi connectivity index (χ0v) is 13.7. The minimum Gasteiger partial charge on any atom is -0.346 e. The van der Waals surface area contributed by atoms with Gasteiger partial charge in [0.25, 0.3) is 0 Å². The van der Waals surface area contributed by atoms with E-state index in [1.54, 1.807) is 18.3 Å². The average molecular weight is 328 g/mol. The largest absolute Gasteiger partial charge is 0.346 e. The Balaban J connectivity index is 1.73. The topological polar surface area (TPSA) is 63.6 Å². The summed E-state index contributed by atoms with van der Waals surface area (Å²) in [7, 11) is 0. The first-order chi connectivity index (χ1) is 12.2. The standard InChI is InChI=1S/C20H16N4O/c1-14(25)7-8-15-12-21-20-18(15)11-16(13-22-20)19-9-10-24(23-19)17-5-3-2-4-6-17/h2-13H,1H3,(H,21,22)/b8-7+. The summed E-state index contributed by atoms with van der Waals surface area (Å²) in [5, 5.41) is 5.60. The van der Waals surface area contributed by atoms with Gasteiger partial charge >= 0.3 is 0 Å². The number of nitrogens with one attached hydrogen (secondary N) is 1. The van der Waals surface area contributed by atoms with Gasteiger partial charge in [-0.1, -0.05) is 18.2 Å². The number of H-pyrrole nitrogens is 1. The number of carbonyl (C=O) groups is 1. The molecular formula is C20H16N4O. The first-order valence-electron chi connectivity index (χ1n) is 7.98. The number of hydrogen-bond donors (Lipinski definition) is 1. The van der Waals surface area contributed by atoms with Gasteiger partial charge in [-0.15, -0.1) is 0 Å². The fourth-order valence-corrected chi connectivity index (χ4v) is 2.71. The van der Waals surface area contributed by atoms with Crippen molar-refractivity contribution in [1.82, 2.24) is 19.7 Å². The van der Waals surface area contributed by atoms with Gasteiger partial charge in [0.05, 0.1) is 11.4 Å². The van der Waals surface area contributed by atoms with Crippen LogP contribution in [0.3, 0.4) is 0 Å². The second-order valence-electron chi connectivity index (χ2n) is 5.79. The highest BCUT2D eigenvalue weighted by Crippen LogP contribution is 2.25. The summed E-state index contributed by atoms with van der Waals surface area (Å²) in [6.07, 6.45) is 8.94. The molecule has 5 nitrogen and oxygen atoms in total. The van der Waals surface area contributed by atoms with Crippen LogP contribution in [0.15, 0.2) is 67.1 Å². The molecule has 0 saturated carbocycles. The van der Waals surface area contributed by atoms with E-state index >= 15 is 0 Å². The lowest BCUT2D eigenvalue weighted by Gasteiger charge is -2.01. The van der Waals surface area contributed by atoms with Gasteiger partial charge in [0.1, 0.15) is 5.65 Å². The molecule has 0 radical (unpaired) electrons. The Labute approximate surface area is 144 Å². The maximum atomic E-state index is 11.2. The monoisotopic (exact) mass is 328 g/mol. The molecule has 1 aromatic carbocycles. The van der Waals surface area contributed by atoms with E-state index in [0.29, 0.717) is 0 Å². The molecule has 0 aliphatic carbocycles. The minimum absolute atomic E-state index is 0.0140. The van der Waals surface area contributed by atoms with E-state index in [4.69, 9.17) is 0 Å². The number of benzene rings is 1. The highest BCUT2D eigenvalue weighted by Gasteiger charge is 2.08. The van der Waals surface area contributed by atoms with E-state index in [1.165, 1.54) is 6.92 Å². The van der Waals surface area contributed by atoms with Crippen molar-refractivity contribution in [1.29, 1.82) is 0 Å². The van der Waals surface area contributed by atoms with Crippen LogP contribution in [0.4, 0.5) is 0 Å². The predicted octanol–water partition coefficient (Wildman–Crippen LogP) is 4.02. The number of pyridine rings is 1. The van der Waals surface area contributed by atoms with E-state index in [-0.39, 0.29) is 5.78 Å². The number of fused-ring (bicyclic) bond motifs is 1. The summed E-state index contributed by atoms with van der Waals surface area (Å²) in [5.41, 5.74) is 4.51. The minimum atomic E-state index is 0.0140. The molecule has 4 aromatic rings. The lowest BCUT2D eigenvalue weighted by molar-refractivity contribution is -0.112. The highest BCUT2D eigenvalue weighted by molar-refractivity contribution is 5.96. The Morgan fingerprint density at radius 3 is 2.84 bits per heavy atom. The van der Waals surface area contributed by atoms with Crippen LogP contribution < -0.4 is 0 Å². The van der Waals surface area contributed by atoms with Crippen LogP contribution in [0, 0.1) is 0 Å². The fraction of sp³-hybridized carbons (Fsp3) is 0.0500. The van der Waals surface area contributed by atoms with Crippen LogP contribution in [-0.2, 0) is 4.79 Å². The number of nitrogens with zero attached hydrogens (tertiary/aromatic N) is 3. The quantitative estimate of drug-likeness (QED) is 0.576. The van der Waals surface area contributed by atoms with Crippen molar-refractivity contribution < 1.29 is 4.79 Å². The second kappa shape index (κ2) is 6.20. The Morgan fingerprint density at radius 2 is 2.04 bits per heavy atom. The summed E-state index contributed by atoms with van der Waals surface area (Å²) in [5.74, 6) is 0.0140. The number of carbonyl (C=O) groups excluding carboxylic acids is 1. The number of allylic oxidation sites excluding steroid dienone is 1. The second-order valence-corrected chi connectivity index (χ2v) is 5.79. The Hall–Kier alpha value is -3.47. The number of aromatic nitrogens is 4. The zero-order valence-electron chi connectivity index (χ0n) is 13.7. The number of aromatic amines is 1. The maximum Gasteiger partial charge on any atom is 0.152 e. The third-order valence-corrected chi connectivity index (χ3v) is 3.97. The highest BCUT2D eigenvalue weighted by atomic mass is 16.1. The predicted molar refractivity (Wildman–Crippen MR) is 98.4 cm³/mol. The van der Waals surface area contributed by atoms with Crippen molar-refractivity contribution in [2.24, 2.45) is 0 Å². The zero-order chi connectivity index (χ0) is 17.2. The first kappa shape index (κ1) is 15.1. The summed E-state index contributed by atoms with van der Waals surface area (Å²) < 4.78 is 1.84. The number of para-hydroxylation sites is 1. The summed E-state index contributed by atoms with van der Waals surface area (Å²) in [6, 6.07) is 14.0. The van der Waals surface area contributed by atoms with Gasteiger partial charge in [-0.2, -0.15) is 5.10 Å². The van der Waals surface area contributed by atoms with Crippen LogP contribution in [0.25, 0.3) is 34.1 Å². The van der Waals surface area contributed by atoms with Crippen molar-refractivity contribution in [2.75, 3.05) is 0 Å². The van der Waals surface area contributed by atoms with Gasteiger partial charge in [-0.25, -0.2) is 9.67 Å². The molecule has 0 spiro atoms. The molecule has 0 aliphatic rings. The van der Waals surface area contributed by atoms with E-state index < -0.39 is 0 Å². The Kier molecular flexibility index (Phi) is 3.74. The molecule has 0 atom stereocenters. The van der Waals surface area contributed by atoms with Gasteiger partial charge in [0, 0.05) is 35.1 Å². The van der Waals surface area contributed by atoms with Crippen molar-refractivity contribution >= 4 is 22.9 Å². The van der Waals surface area contributed by atoms with Crippen molar-refractivity contribution in [3.63, 3.8) is 0 Å². The van der Waals surface area contributed by atoms with Crippen molar-refractivity contribution in [3.05, 3.63) is 72.7 Å². The van der Waals surface area contributed by atoms with Gasteiger partial charge in [0.2, 0.25) is 0 Å². The molecule has 5 heteroatoms. The van der Waals surface area contributed by atoms with E-state index in [0.717, 1.165) is 33.5 Å². The van der Waals surface area contributed by atoms with Crippen LogP contribution in [-0.4, -0.2) is 25.5 Å². The Bertz CT molecular complexity index is 1070.